The van der Waals surface area contributed by atoms with Crippen molar-refractivity contribution in [3.05, 3.63) is 70.0 Å². The Morgan fingerprint density at radius 2 is 1.93 bits per heavy atom. The first kappa shape index (κ1) is 20.7. The van der Waals surface area contributed by atoms with Gasteiger partial charge in [0.05, 0.1) is 23.7 Å². The number of halogens is 1. The number of para-hydroxylation sites is 1. The standard InChI is InChI=1S/C22H24ClN3O3/c1-4-16(13-8-5-6-10-15(13)23)24-18-12-19(27)20(18)25-17-11-7-9-14(21(17)28)22(29)26(2)3/h5-11,16,24-25,28H,4,12H2,1-3H3. The number of phenols is 1. The quantitative estimate of drug-likeness (QED) is 0.596. The summed E-state index contributed by atoms with van der Waals surface area (Å²) in [7, 11) is 3.23. The summed E-state index contributed by atoms with van der Waals surface area (Å²) in [4.78, 5) is 25.8. The molecule has 0 fully saturated rings. The first-order valence-electron chi connectivity index (χ1n) is 9.41. The van der Waals surface area contributed by atoms with Crippen molar-refractivity contribution in [2.24, 2.45) is 0 Å². The van der Waals surface area contributed by atoms with Crippen LogP contribution in [0.3, 0.4) is 0 Å². The molecule has 3 rings (SSSR count). The summed E-state index contributed by atoms with van der Waals surface area (Å²) in [5.41, 5.74) is 2.59. The molecular weight excluding hydrogens is 390 g/mol. The molecule has 29 heavy (non-hydrogen) atoms. The van der Waals surface area contributed by atoms with Crippen LogP contribution in [0.1, 0.15) is 41.7 Å². The number of phenolic OH excluding ortho intramolecular Hbond substituents is 1. The Morgan fingerprint density at radius 3 is 2.55 bits per heavy atom. The van der Waals surface area contributed by atoms with Gasteiger partial charge < -0.3 is 20.6 Å². The van der Waals surface area contributed by atoms with Crippen LogP contribution in [0.25, 0.3) is 0 Å². The molecule has 1 unspecified atom stereocenters. The average Bonchev–Trinajstić information content (AvgIpc) is 2.70. The monoisotopic (exact) mass is 413 g/mol. The highest BCUT2D eigenvalue weighted by Gasteiger charge is 2.30. The van der Waals surface area contributed by atoms with E-state index in [1.165, 1.54) is 4.90 Å². The van der Waals surface area contributed by atoms with E-state index in [1.807, 2.05) is 31.2 Å². The molecule has 0 radical (unpaired) electrons. The topological polar surface area (TPSA) is 81.7 Å². The molecule has 0 spiro atoms. The van der Waals surface area contributed by atoms with Crippen molar-refractivity contribution in [3.63, 3.8) is 0 Å². The van der Waals surface area contributed by atoms with E-state index in [4.69, 9.17) is 11.6 Å². The van der Waals surface area contributed by atoms with Gasteiger partial charge in [-0.1, -0.05) is 42.8 Å². The molecule has 2 aromatic carbocycles. The molecule has 1 aliphatic rings. The largest absolute Gasteiger partial charge is 0.505 e. The van der Waals surface area contributed by atoms with E-state index < -0.39 is 0 Å². The Hall–Kier alpha value is -2.99. The summed E-state index contributed by atoms with van der Waals surface area (Å²) < 4.78 is 0. The molecule has 0 aliphatic heterocycles. The van der Waals surface area contributed by atoms with Crippen molar-refractivity contribution in [2.75, 3.05) is 19.4 Å². The predicted molar refractivity (Wildman–Crippen MR) is 114 cm³/mol. The van der Waals surface area contributed by atoms with Crippen LogP contribution in [0.4, 0.5) is 5.69 Å². The minimum atomic E-state index is -0.316. The fraction of sp³-hybridized carbons (Fsp3) is 0.273. The molecular formula is C22H24ClN3O3. The summed E-state index contributed by atoms with van der Waals surface area (Å²) in [6.45, 7) is 2.04. The Bertz CT molecular complexity index is 985. The van der Waals surface area contributed by atoms with Gasteiger partial charge in [-0.25, -0.2) is 0 Å². The second-order valence-corrected chi connectivity index (χ2v) is 7.51. The molecule has 0 saturated heterocycles. The molecule has 1 atom stereocenters. The van der Waals surface area contributed by atoms with Gasteiger partial charge in [-0.3, -0.25) is 9.59 Å². The number of aromatic hydroxyl groups is 1. The lowest BCUT2D eigenvalue weighted by Crippen LogP contribution is -2.34. The van der Waals surface area contributed by atoms with Gasteiger partial charge in [0.2, 0.25) is 0 Å². The second kappa shape index (κ2) is 8.57. The van der Waals surface area contributed by atoms with Crippen LogP contribution < -0.4 is 10.6 Å². The van der Waals surface area contributed by atoms with Crippen molar-refractivity contribution >= 4 is 29.0 Å². The van der Waals surface area contributed by atoms with Crippen LogP contribution >= 0.6 is 11.6 Å². The molecule has 0 saturated carbocycles. The Morgan fingerprint density at radius 1 is 1.21 bits per heavy atom. The molecule has 6 nitrogen and oxygen atoms in total. The highest BCUT2D eigenvalue weighted by Crippen LogP contribution is 2.34. The van der Waals surface area contributed by atoms with Gasteiger partial charge in [-0.2, -0.15) is 0 Å². The lowest BCUT2D eigenvalue weighted by Gasteiger charge is -2.29. The molecule has 1 aliphatic carbocycles. The van der Waals surface area contributed by atoms with E-state index in [1.54, 1.807) is 32.3 Å². The van der Waals surface area contributed by atoms with Crippen molar-refractivity contribution in [2.45, 2.75) is 25.8 Å². The number of amides is 1. The zero-order chi connectivity index (χ0) is 21.1. The van der Waals surface area contributed by atoms with E-state index >= 15 is 0 Å². The molecule has 0 aromatic heterocycles. The minimum absolute atomic E-state index is 0.0427. The third kappa shape index (κ3) is 4.22. The van der Waals surface area contributed by atoms with Crippen LogP contribution in [0.2, 0.25) is 5.02 Å². The lowest BCUT2D eigenvalue weighted by molar-refractivity contribution is -0.116. The zero-order valence-electron chi connectivity index (χ0n) is 16.6. The van der Waals surface area contributed by atoms with E-state index in [0.717, 1.165) is 17.7 Å². The van der Waals surface area contributed by atoms with E-state index in [-0.39, 0.29) is 35.5 Å². The normalized spacial score (nSPS) is 14.3. The fourth-order valence-corrected chi connectivity index (χ4v) is 3.49. The first-order valence-corrected chi connectivity index (χ1v) is 9.79. The second-order valence-electron chi connectivity index (χ2n) is 7.11. The smallest absolute Gasteiger partial charge is 0.257 e. The van der Waals surface area contributed by atoms with Crippen molar-refractivity contribution in [1.82, 2.24) is 10.2 Å². The number of nitrogens with one attached hydrogen (secondary N) is 2. The fourth-order valence-electron chi connectivity index (χ4n) is 3.23. The number of benzene rings is 2. The van der Waals surface area contributed by atoms with Gasteiger partial charge in [0, 0.05) is 24.8 Å². The van der Waals surface area contributed by atoms with Crippen molar-refractivity contribution < 1.29 is 14.7 Å². The molecule has 152 valence electrons. The van der Waals surface area contributed by atoms with Gasteiger partial charge >= 0.3 is 0 Å². The maximum Gasteiger partial charge on any atom is 0.257 e. The Kier molecular flexibility index (Phi) is 6.13. The summed E-state index contributed by atoms with van der Waals surface area (Å²) >= 11 is 6.32. The number of carbonyl (C=O) groups is 2. The van der Waals surface area contributed by atoms with E-state index in [0.29, 0.717) is 16.4 Å². The number of nitrogens with zero attached hydrogens (tertiary/aromatic N) is 1. The number of rotatable bonds is 7. The average molecular weight is 414 g/mol. The number of allylic oxidation sites excluding steroid dienone is 2. The number of anilines is 1. The highest BCUT2D eigenvalue weighted by molar-refractivity contribution is 6.31. The van der Waals surface area contributed by atoms with Gasteiger partial charge in [0.25, 0.3) is 5.91 Å². The van der Waals surface area contributed by atoms with Crippen LogP contribution in [-0.2, 0) is 4.79 Å². The maximum atomic E-state index is 12.2. The third-order valence-corrected chi connectivity index (χ3v) is 5.23. The Balaban J connectivity index is 1.86. The number of hydrogen-bond acceptors (Lipinski definition) is 5. The van der Waals surface area contributed by atoms with Crippen LogP contribution in [-0.4, -0.2) is 35.8 Å². The molecule has 0 heterocycles. The third-order valence-electron chi connectivity index (χ3n) is 4.89. The molecule has 2 aromatic rings. The maximum absolute atomic E-state index is 12.2. The predicted octanol–water partition coefficient (Wildman–Crippen LogP) is 4.08. The Labute approximate surface area is 175 Å². The summed E-state index contributed by atoms with van der Waals surface area (Å²) in [6, 6.07) is 12.4. The molecule has 0 bridgehead atoms. The number of Topliss-reactive ketones (excluding diaryl/α,β-unsaturated/α-hetero) is 1. The van der Waals surface area contributed by atoms with E-state index in [9.17, 15) is 14.7 Å². The SMILES string of the molecule is CCC(NC1=C(Nc2cccc(C(=O)N(C)C)c2O)C(=O)C1)c1ccccc1Cl. The van der Waals surface area contributed by atoms with Gasteiger partial charge in [-0.15, -0.1) is 0 Å². The summed E-state index contributed by atoms with van der Waals surface area (Å²) in [6.07, 6.45) is 1.06. The number of carbonyl (C=O) groups excluding carboxylic acids is 2. The lowest BCUT2D eigenvalue weighted by atomic mass is 9.95. The van der Waals surface area contributed by atoms with Crippen molar-refractivity contribution in [1.29, 1.82) is 0 Å². The van der Waals surface area contributed by atoms with Gasteiger partial charge in [0.15, 0.2) is 11.5 Å². The molecule has 1 amide bonds. The van der Waals surface area contributed by atoms with Crippen LogP contribution in [0.15, 0.2) is 53.9 Å². The van der Waals surface area contributed by atoms with Crippen LogP contribution in [0, 0.1) is 0 Å². The minimum Gasteiger partial charge on any atom is -0.505 e. The van der Waals surface area contributed by atoms with Gasteiger partial charge in [0.1, 0.15) is 5.70 Å². The molecule has 3 N–H and O–H groups in total. The summed E-state index contributed by atoms with van der Waals surface area (Å²) in [5, 5.41) is 17.6. The molecule has 7 heteroatoms. The van der Waals surface area contributed by atoms with Crippen molar-refractivity contribution in [3.8, 4) is 5.75 Å². The van der Waals surface area contributed by atoms with Gasteiger partial charge in [-0.05, 0) is 30.2 Å². The number of ketones is 1. The summed E-state index contributed by atoms with van der Waals surface area (Å²) in [5.74, 6) is -0.565. The number of hydrogen-bond donors (Lipinski definition) is 3. The first-order chi connectivity index (χ1) is 13.8. The van der Waals surface area contributed by atoms with Crippen LogP contribution in [0.5, 0.6) is 5.75 Å². The zero-order valence-corrected chi connectivity index (χ0v) is 17.4. The highest BCUT2D eigenvalue weighted by atomic mass is 35.5. The van der Waals surface area contributed by atoms with E-state index in [2.05, 4.69) is 10.6 Å².